The van der Waals surface area contributed by atoms with Crippen LogP contribution in [0.3, 0.4) is 0 Å². The molecule has 0 saturated heterocycles. The summed E-state index contributed by atoms with van der Waals surface area (Å²) >= 11 is 0. The van der Waals surface area contributed by atoms with Crippen molar-refractivity contribution < 1.29 is 0 Å². The zero-order chi connectivity index (χ0) is 8.48. The Morgan fingerprint density at radius 3 is 2.36 bits per heavy atom. The number of rotatable bonds is 1. The van der Waals surface area contributed by atoms with E-state index in [2.05, 4.69) is 34.1 Å². The van der Waals surface area contributed by atoms with Crippen LogP contribution in [0.4, 0.5) is 0 Å². The molecule has 0 aromatic rings. The molecule has 0 bridgehead atoms. The predicted molar refractivity (Wildman–Crippen MR) is 50.3 cm³/mol. The molecule has 0 aliphatic heterocycles. The highest BCUT2D eigenvalue weighted by molar-refractivity contribution is 5.28. The van der Waals surface area contributed by atoms with Gasteiger partial charge in [-0.2, -0.15) is 0 Å². The Morgan fingerprint density at radius 1 is 1.36 bits per heavy atom. The summed E-state index contributed by atoms with van der Waals surface area (Å²) in [6.07, 6.45) is 6.32. The zero-order valence-electron chi connectivity index (χ0n) is 8.20. The average molecular weight is 151 g/mol. The van der Waals surface area contributed by atoms with Crippen LogP contribution >= 0.6 is 0 Å². The minimum atomic E-state index is 0.442. The molecule has 0 heterocycles. The molecule has 0 nitrogen and oxygen atoms in total. The van der Waals surface area contributed by atoms with Crippen molar-refractivity contribution >= 4 is 0 Å². The SMILES string of the molecule is C[CH]C1=C(C)CCCC1(C)C. The van der Waals surface area contributed by atoms with E-state index >= 15 is 0 Å². The van der Waals surface area contributed by atoms with E-state index in [1.807, 2.05) is 0 Å². The molecule has 11 heavy (non-hydrogen) atoms. The maximum Gasteiger partial charge on any atom is -0.0139 e. The summed E-state index contributed by atoms with van der Waals surface area (Å²) in [6.45, 7) is 9.14. The van der Waals surface area contributed by atoms with Gasteiger partial charge in [0, 0.05) is 0 Å². The molecule has 0 atom stereocenters. The fraction of sp³-hybridized carbons (Fsp3) is 0.727. The van der Waals surface area contributed by atoms with Crippen molar-refractivity contribution in [2.75, 3.05) is 0 Å². The van der Waals surface area contributed by atoms with Crippen LogP contribution < -0.4 is 0 Å². The van der Waals surface area contributed by atoms with Gasteiger partial charge < -0.3 is 0 Å². The predicted octanol–water partition coefficient (Wildman–Crippen LogP) is 3.74. The molecule has 0 aromatic carbocycles. The Bertz CT molecular complexity index is 172. The molecule has 0 heteroatoms. The normalized spacial score (nSPS) is 24.0. The van der Waals surface area contributed by atoms with E-state index in [1.54, 1.807) is 11.1 Å². The van der Waals surface area contributed by atoms with Crippen LogP contribution in [0.2, 0.25) is 0 Å². The lowest BCUT2D eigenvalue weighted by molar-refractivity contribution is 0.371. The molecule has 63 valence electrons. The number of allylic oxidation sites excluding steroid dienone is 2. The van der Waals surface area contributed by atoms with Crippen molar-refractivity contribution in [1.82, 2.24) is 0 Å². The largest absolute Gasteiger partial charge is 0.0733 e. The van der Waals surface area contributed by atoms with Gasteiger partial charge in [-0.05, 0) is 38.0 Å². The van der Waals surface area contributed by atoms with Gasteiger partial charge in [-0.3, -0.25) is 0 Å². The van der Waals surface area contributed by atoms with Gasteiger partial charge in [0.15, 0.2) is 0 Å². The maximum absolute atomic E-state index is 2.35. The van der Waals surface area contributed by atoms with Crippen molar-refractivity contribution in [2.45, 2.75) is 47.0 Å². The third-order valence-corrected chi connectivity index (χ3v) is 2.83. The summed E-state index contributed by atoms with van der Waals surface area (Å²) in [4.78, 5) is 0. The van der Waals surface area contributed by atoms with Crippen molar-refractivity contribution in [2.24, 2.45) is 5.41 Å². The van der Waals surface area contributed by atoms with E-state index in [0.717, 1.165) is 0 Å². The molecule has 0 amide bonds. The van der Waals surface area contributed by atoms with Crippen LogP contribution in [-0.4, -0.2) is 0 Å². The first-order valence-electron chi connectivity index (χ1n) is 4.57. The highest BCUT2D eigenvalue weighted by Gasteiger charge is 2.26. The third kappa shape index (κ3) is 1.66. The Labute approximate surface area is 70.7 Å². The molecule has 0 spiro atoms. The van der Waals surface area contributed by atoms with Crippen LogP contribution in [0.25, 0.3) is 0 Å². The fourth-order valence-electron chi connectivity index (χ4n) is 2.28. The Balaban J connectivity index is 2.92. The average Bonchev–Trinajstić information content (AvgIpc) is 1.86. The topological polar surface area (TPSA) is 0 Å². The minimum absolute atomic E-state index is 0.442. The summed E-state index contributed by atoms with van der Waals surface area (Å²) in [5.41, 5.74) is 3.63. The third-order valence-electron chi connectivity index (χ3n) is 2.83. The Kier molecular flexibility index (Phi) is 2.41. The van der Waals surface area contributed by atoms with Crippen LogP contribution in [0.15, 0.2) is 11.1 Å². The van der Waals surface area contributed by atoms with Gasteiger partial charge in [0.05, 0.1) is 0 Å². The molecular weight excluding hydrogens is 132 g/mol. The van der Waals surface area contributed by atoms with E-state index in [1.165, 1.54) is 19.3 Å². The van der Waals surface area contributed by atoms with Gasteiger partial charge in [-0.15, -0.1) is 0 Å². The monoisotopic (exact) mass is 151 g/mol. The molecule has 1 aliphatic carbocycles. The lowest BCUT2D eigenvalue weighted by Crippen LogP contribution is -2.20. The van der Waals surface area contributed by atoms with Gasteiger partial charge in [0.25, 0.3) is 0 Å². The zero-order valence-corrected chi connectivity index (χ0v) is 8.20. The molecule has 0 N–H and O–H groups in total. The second-order valence-electron chi connectivity index (χ2n) is 4.22. The smallest absolute Gasteiger partial charge is 0.0139 e. The van der Waals surface area contributed by atoms with Crippen LogP contribution in [-0.2, 0) is 0 Å². The maximum atomic E-state index is 2.35. The summed E-state index contributed by atoms with van der Waals surface area (Å²) in [7, 11) is 0. The Hall–Kier alpha value is -0.260. The first kappa shape index (κ1) is 8.83. The van der Waals surface area contributed by atoms with E-state index < -0.39 is 0 Å². The van der Waals surface area contributed by atoms with Crippen LogP contribution in [0.1, 0.15) is 47.0 Å². The van der Waals surface area contributed by atoms with E-state index in [0.29, 0.717) is 5.41 Å². The first-order valence-corrected chi connectivity index (χ1v) is 4.57. The molecule has 0 fully saturated rings. The molecule has 0 saturated carbocycles. The van der Waals surface area contributed by atoms with Gasteiger partial charge in [0.1, 0.15) is 0 Å². The first-order chi connectivity index (χ1) is 5.08. The van der Waals surface area contributed by atoms with Crippen molar-refractivity contribution in [1.29, 1.82) is 0 Å². The Morgan fingerprint density at radius 2 is 2.00 bits per heavy atom. The second-order valence-corrected chi connectivity index (χ2v) is 4.22. The molecule has 1 aliphatic rings. The van der Waals surface area contributed by atoms with E-state index in [9.17, 15) is 0 Å². The van der Waals surface area contributed by atoms with Crippen molar-refractivity contribution in [3.8, 4) is 0 Å². The molecule has 0 unspecified atom stereocenters. The highest BCUT2D eigenvalue weighted by atomic mass is 14.3. The van der Waals surface area contributed by atoms with E-state index in [4.69, 9.17) is 0 Å². The number of hydrogen-bond donors (Lipinski definition) is 0. The summed E-state index contributed by atoms with van der Waals surface area (Å²) in [5.74, 6) is 0. The lowest BCUT2D eigenvalue weighted by Gasteiger charge is -2.33. The summed E-state index contributed by atoms with van der Waals surface area (Å²) in [5, 5.41) is 0. The lowest BCUT2D eigenvalue weighted by atomic mass is 9.72. The second kappa shape index (κ2) is 3.00. The van der Waals surface area contributed by atoms with Gasteiger partial charge in [-0.1, -0.05) is 31.9 Å². The molecular formula is C11H19. The van der Waals surface area contributed by atoms with Crippen molar-refractivity contribution in [3.63, 3.8) is 0 Å². The highest BCUT2D eigenvalue weighted by Crippen LogP contribution is 2.40. The molecule has 1 rings (SSSR count). The van der Waals surface area contributed by atoms with Gasteiger partial charge >= 0.3 is 0 Å². The standard InChI is InChI=1S/C11H19/c1-5-10-9(2)7-6-8-11(10,3)4/h5H,6-8H2,1-4H3. The summed E-state index contributed by atoms with van der Waals surface area (Å²) < 4.78 is 0. The number of hydrogen-bond acceptors (Lipinski definition) is 0. The van der Waals surface area contributed by atoms with Crippen LogP contribution in [0.5, 0.6) is 0 Å². The minimum Gasteiger partial charge on any atom is -0.0733 e. The van der Waals surface area contributed by atoms with Crippen LogP contribution in [0, 0.1) is 11.8 Å². The summed E-state index contributed by atoms with van der Waals surface area (Å²) in [6, 6.07) is 0. The fourth-order valence-corrected chi connectivity index (χ4v) is 2.28. The van der Waals surface area contributed by atoms with Gasteiger partial charge in [-0.25, -0.2) is 0 Å². The van der Waals surface area contributed by atoms with Gasteiger partial charge in [0.2, 0.25) is 0 Å². The van der Waals surface area contributed by atoms with E-state index in [-0.39, 0.29) is 0 Å². The quantitative estimate of drug-likeness (QED) is 0.535. The molecule has 0 aromatic heterocycles. The van der Waals surface area contributed by atoms with Crippen molar-refractivity contribution in [3.05, 3.63) is 17.6 Å². The molecule has 1 radical (unpaired) electrons.